The molecule has 4 nitrogen and oxygen atoms in total. The van der Waals surface area contributed by atoms with Crippen LogP contribution in [0, 0.1) is 25.7 Å². The van der Waals surface area contributed by atoms with Crippen molar-refractivity contribution < 1.29 is 32.2 Å². The van der Waals surface area contributed by atoms with Gasteiger partial charge in [0.15, 0.2) is 17.1 Å². The van der Waals surface area contributed by atoms with Crippen LogP contribution in [-0.4, -0.2) is 36.0 Å². The molecule has 3 rings (SSSR count). The SMILES string of the molecule is Cc1cc([S+]2CCCCC2)cc(C)c1OCC(=O)OC(C)(C)C#Cc1ccc(OC(F)(F)F)cc1. The molecule has 1 fully saturated rings. The number of ether oxygens (including phenoxy) is 3. The minimum Gasteiger partial charge on any atom is -0.481 e. The van der Waals surface area contributed by atoms with Crippen LogP contribution in [0.5, 0.6) is 11.5 Å². The molecule has 0 atom stereocenters. The van der Waals surface area contributed by atoms with Gasteiger partial charge in [0.25, 0.3) is 0 Å². The molecule has 0 radical (unpaired) electrons. The highest BCUT2D eigenvalue weighted by molar-refractivity contribution is 7.96. The number of alkyl halides is 3. The van der Waals surface area contributed by atoms with E-state index in [9.17, 15) is 18.0 Å². The molecule has 1 heterocycles. The van der Waals surface area contributed by atoms with Crippen molar-refractivity contribution in [1.29, 1.82) is 0 Å². The molecule has 0 amide bonds. The van der Waals surface area contributed by atoms with E-state index < -0.39 is 17.9 Å². The molecular formula is C27H30F3O4S+. The Labute approximate surface area is 207 Å². The second-order valence-electron chi connectivity index (χ2n) is 8.94. The number of carbonyl (C=O) groups is 1. The van der Waals surface area contributed by atoms with Crippen molar-refractivity contribution in [2.75, 3.05) is 18.1 Å². The lowest BCUT2D eigenvalue weighted by Crippen LogP contribution is -2.29. The lowest BCUT2D eigenvalue weighted by atomic mass is 10.1. The van der Waals surface area contributed by atoms with Crippen LogP contribution in [0.15, 0.2) is 41.3 Å². The summed E-state index contributed by atoms with van der Waals surface area (Å²) in [5, 5.41) is 0. The Morgan fingerprint density at radius 2 is 1.60 bits per heavy atom. The lowest BCUT2D eigenvalue weighted by molar-refractivity contribution is -0.274. The van der Waals surface area contributed by atoms with Crippen molar-refractivity contribution in [1.82, 2.24) is 0 Å². The van der Waals surface area contributed by atoms with Crippen molar-refractivity contribution in [3.05, 3.63) is 53.1 Å². The molecule has 2 aromatic rings. The maximum atomic E-state index is 12.4. The van der Waals surface area contributed by atoms with E-state index in [4.69, 9.17) is 9.47 Å². The smallest absolute Gasteiger partial charge is 0.481 e. The van der Waals surface area contributed by atoms with Crippen molar-refractivity contribution in [2.24, 2.45) is 0 Å². The Morgan fingerprint density at radius 3 is 2.17 bits per heavy atom. The maximum Gasteiger partial charge on any atom is 0.573 e. The summed E-state index contributed by atoms with van der Waals surface area (Å²) < 4.78 is 51.9. The first kappa shape index (κ1) is 26.8. The molecule has 0 N–H and O–H groups in total. The normalized spacial score (nSPS) is 14.6. The zero-order valence-electron chi connectivity index (χ0n) is 20.4. The van der Waals surface area contributed by atoms with Crippen LogP contribution < -0.4 is 9.47 Å². The third kappa shape index (κ3) is 8.43. The average molecular weight is 508 g/mol. The van der Waals surface area contributed by atoms with Gasteiger partial charge in [0.2, 0.25) is 0 Å². The summed E-state index contributed by atoms with van der Waals surface area (Å²) in [6.45, 7) is 7.00. The average Bonchev–Trinajstić information content (AvgIpc) is 2.77. The van der Waals surface area contributed by atoms with Crippen molar-refractivity contribution in [2.45, 2.75) is 63.8 Å². The topological polar surface area (TPSA) is 44.8 Å². The highest BCUT2D eigenvalue weighted by Gasteiger charge is 2.31. The highest BCUT2D eigenvalue weighted by Crippen LogP contribution is 2.30. The zero-order chi connectivity index (χ0) is 25.6. The Balaban J connectivity index is 1.56. The molecule has 0 spiro atoms. The van der Waals surface area contributed by atoms with Crippen LogP contribution >= 0.6 is 0 Å². The number of benzene rings is 2. The van der Waals surface area contributed by atoms with Crippen LogP contribution in [0.1, 0.15) is 49.8 Å². The Bertz CT molecular complexity index is 1070. The highest BCUT2D eigenvalue weighted by atomic mass is 32.2. The van der Waals surface area contributed by atoms with Gasteiger partial charge in [-0.25, -0.2) is 4.79 Å². The van der Waals surface area contributed by atoms with Crippen LogP contribution in [0.3, 0.4) is 0 Å². The predicted octanol–water partition coefficient (Wildman–Crippen LogP) is 6.12. The lowest BCUT2D eigenvalue weighted by Gasteiger charge is -2.20. The molecular weight excluding hydrogens is 477 g/mol. The monoisotopic (exact) mass is 507 g/mol. The number of hydrogen-bond donors (Lipinski definition) is 0. The molecule has 1 aliphatic rings. The Morgan fingerprint density at radius 1 is 1.00 bits per heavy atom. The summed E-state index contributed by atoms with van der Waals surface area (Å²) >= 11 is 0. The predicted molar refractivity (Wildman–Crippen MR) is 131 cm³/mol. The van der Waals surface area contributed by atoms with E-state index in [2.05, 4.69) is 28.7 Å². The van der Waals surface area contributed by atoms with Gasteiger partial charge in [0.05, 0.1) is 0 Å². The summed E-state index contributed by atoms with van der Waals surface area (Å²) in [5.74, 6) is 7.92. The van der Waals surface area contributed by atoms with E-state index in [0.717, 1.165) is 11.1 Å². The standard InChI is InChI=1S/C27H30F3O4S/c1-19-16-23(35-14-6-5-7-15-35)17-20(2)25(19)32-18-24(31)34-26(3,4)13-12-21-8-10-22(11-9-21)33-27(28,29)30/h8-11,16-17H,5-7,14-15,18H2,1-4H3/q+1. The summed E-state index contributed by atoms with van der Waals surface area (Å²) in [6, 6.07) is 9.49. The molecule has 188 valence electrons. The largest absolute Gasteiger partial charge is 0.573 e. The molecule has 0 saturated carbocycles. The number of esters is 1. The number of carbonyl (C=O) groups excluding carboxylic acids is 1. The van der Waals surface area contributed by atoms with E-state index in [1.165, 1.54) is 59.9 Å². The fraction of sp³-hybridized carbons (Fsp3) is 0.444. The van der Waals surface area contributed by atoms with Crippen molar-refractivity contribution >= 4 is 16.9 Å². The summed E-state index contributed by atoms with van der Waals surface area (Å²) in [7, 11) is 0.293. The number of rotatable bonds is 6. The molecule has 0 bridgehead atoms. The van der Waals surface area contributed by atoms with Gasteiger partial charge in [-0.15, -0.1) is 13.2 Å². The summed E-state index contributed by atoms with van der Waals surface area (Å²) in [5.41, 5.74) is 1.35. The minimum absolute atomic E-state index is 0.249. The zero-order valence-corrected chi connectivity index (χ0v) is 21.2. The van der Waals surface area contributed by atoms with E-state index in [1.54, 1.807) is 13.8 Å². The van der Waals surface area contributed by atoms with Crippen molar-refractivity contribution in [3.8, 4) is 23.3 Å². The second kappa shape index (κ2) is 11.3. The van der Waals surface area contributed by atoms with Gasteiger partial charge in [-0.3, -0.25) is 0 Å². The first-order chi connectivity index (χ1) is 16.4. The van der Waals surface area contributed by atoms with E-state index in [-0.39, 0.29) is 12.4 Å². The van der Waals surface area contributed by atoms with Gasteiger partial charge in [-0.05, 0) is 94.5 Å². The van der Waals surface area contributed by atoms with Crippen LogP contribution in [0.25, 0.3) is 0 Å². The second-order valence-corrected chi connectivity index (χ2v) is 11.2. The number of aryl methyl sites for hydroxylation is 2. The van der Waals surface area contributed by atoms with Crippen LogP contribution in [0.2, 0.25) is 0 Å². The molecule has 35 heavy (non-hydrogen) atoms. The fourth-order valence-electron chi connectivity index (χ4n) is 3.81. The first-order valence-corrected chi connectivity index (χ1v) is 13.0. The summed E-state index contributed by atoms with van der Waals surface area (Å²) in [6.07, 6.45) is -0.876. The third-order valence-electron chi connectivity index (χ3n) is 5.35. The van der Waals surface area contributed by atoms with Gasteiger partial charge in [0.1, 0.15) is 23.0 Å². The molecule has 0 unspecified atom stereocenters. The molecule has 8 heteroatoms. The Kier molecular flexibility index (Phi) is 8.65. The molecule has 0 aliphatic carbocycles. The molecule has 1 aliphatic heterocycles. The first-order valence-electron chi connectivity index (χ1n) is 11.4. The third-order valence-corrected chi connectivity index (χ3v) is 7.81. The van der Waals surface area contributed by atoms with Crippen molar-refractivity contribution in [3.63, 3.8) is 0 Å². The van der Waals surface area contributed by atoms with E-state index in [0.29, 0.717) is 22.2 Å². The molecule has 0 aromatic heterocycles. The van der Waals surface area contributed by atoms with E-state index >= 15 is 0 Å². The fourth-order valence-corrected chi connectivity index (χ4v) is 6.27. The quantitative estimate of drug-likeness (QED) is 0.269. The summed E-state index contributed by atoms with van der Waals surface area (Å²) in [4.78, 5) is 13.8. The molecule has 1 saturated heterocycles. The van der Waals surface area contributed by atoms with E-state index in [1.807, 2.05) is 13.8 Å². The van der Waals surface area contributed by atoms with Gasteiger partial charge in [-0.1, -0.05) is 11.8 Å². The Hall–Kier alpha value is -2.79. The van der Waals surface area contributed by atoms with Gasteiger partial charge in [0, 0.05) is 16.5 Å². The minimum atomic E-state index is -4.75. The number of halogens is 3. The van der Waals surface area contributed by atoms with Gasteiger partial charge >= 0.3 is 12.3 Å². The van der Waals surface area contributed by atoms with Gasteiger partial charge in [-0.2, -0.15) is 0 Å². The van der Waals surface area contributed by atoms with Crippen LogP contribution in [0.4, 0.5) is 13.2 Å². The maximum absolute atomic E-state index is 12.4. The van der Waals surface area contributed by atoms with Gasteiger partial charge < -0.3 is 14.2 Å². The van der Waals surface area contributed by atoms with Crippen LogP contribution in [-0.2, 0) is 20.4 Å². The number of hydrogen-bond acceptors (Lipinski definition) is 4. The molecule has 2 aromatic carbocycles.